The quantitative estimate of drug-likeness (QED) is 0.676. The number of aryl methyl sites for hydroxylation is 1. The van der Waals surface area contributed by atoms with Gasteiger partial charge in [0, 0.05) is 11.0 Å². The highest BCUT2D eigenvalue weighted by Gasteiger charge is 2.41. The van der Waals surface area contributed by atoms with E-state index in [-0.39, 0.29) is 5.41 Å². The first-order valence-corrected chi connectivity index (χ1v) is 7.71. The summed E-state index contributed by atoms with van der Waals surface area (Å²) in [7, 11) is 0. The molecule has 0 spiro atoms. The van der Waals surface area contributed by atoms with Crippen molar-refractivity contribution in [2.24, 2.45) is 11.3 Å². The van der Waals surface area contributed by atoms with Gasteiger partial charge in [0.2, 0.25) is 0 Å². The molecule has 0 radical (unpaired) electrons. The second-order valence-corrected chi connectivity index (χ2v) is 6.47. The van der Waals surface area contributed by atoms with Crippen molar-refractivity contribution in [2.75, 3.05) is 0 Å². The van der Waals surface area contributed by atoms with Crippen molar-refractivity contribution >= 4 is 5.78 Å². The third kappa shape index (κ3) is 3.08. The molecular weight excluding hydrogens is 232 g/mol. The van der Waals surface area contributed by atoms with E-state index in [1.54, 1.807) is 0 Å². The van der Waals surface area contributed by atoms with Crippen molar-refractivity contribution in [3.63, 3.8) is 0 Å². The maximum absolute atomic E-state index is 13.0. The van der Waals surface area contributed by atoms with Crippen molar-refractivity contribution in [1.29, 1.82) is 0 Å². The third-order valence-electron chi connectivity index (χ3n) is 4.44. The Hall–Kier alpha value is -1.11. The summed E-state index contributed by atoms with van der Waals surface area (Å²) in [5.41, 5.74) is 2.13. The van der Waals surface area contributed by atoms with Crippen molar-refractivity contribution in [2.45, 2.75) is 59.3 Å². The van der Waals surface area contributed by atoms with Gasteiger partial charge in [0.15, 0.2) is 5.78 Å². The Morgan fingerprint density at radius 3 is 2.53 bits per heavy atom. The van der Waals surface area contributed by atoms with Gasteiger partial charge in [-0.1, -0.05) is 51.8 Å². The molecule has 1 aliphatic rings. The minimum absolute atomic E-state index is 0.0689. The summed E-state index contributed by atoms with van der Waals surface area (Å²) >= 11 is 0. The first-order chi connectivity index (χ1) is 9.07. The summed E-state index contributed by atoms with van der Waals surface area (Å²) < 4.78 is 0. The maximum Gasteiger partial charge on any atom is 0.169 e. The predicted molar refractivity (Wildman–Crippen MR) is 80.5 cm³/mol. The number of carbonyl (C=O) groups is 1. The van der Waals surface area contributed by atoms with Gasteiger partial charge >= 0.3 is 0 Å². The van der Waals surface area contributed by atoms with Gasteiger partial charge in [-0.3, -0.25) is 4.79 Å². The Morgan fingerprint density at radius 2 is 1.95 bits per heavy atom. The fourth-order valence-corrected chi connectivity index (χ4v) is 3.60. The average Bonchev–Trinajstić information content (AvgIpc) is 2.86. The largest absolute Gasteiger partial charge is 0.294 e. The highest BCUT2D eigenvalue weighted by atomic mass is 16.1. The number of carbonyl (C=O) groups excluding carboxylic acids is 1. The van der Waals surface area contributed by atoms with Gasteiger partial charge in [-0.05, 0) is 43.2 Å². The Balaban J connectivity index is 2.28. The summed E-state index contributed by atoms with van der Waals surface area (Å²) in [6, 6.07) is 8.25. The molecule has 0 bridgehead atoms. The van der Waals surface area contributed by atoms with E-state index < -0.39 is 0 Å². The normalized spacial score (nSPS) is 17.9. The average molecular weight is 258 g/mol. The first kappa shape index (κ1) is 14.3. The molecule has 1 aromatic rings. The van der Waals surface area contributed by atoms with Crippen LogP contribution < -0.4 is 0 Å². The Labute approximate surface area is 117 Å². The topological polar surface area (TPSA) is 17.1 Å². The van der Waals surface area contributed by atoms with Gasteiger partial charge in [0.05, 0.1) is 0 Å². The van der Waals surface area contributed by atoms with Crippen LogP contribution in [0.5, 0.6) is 0 Å². The molecule has 0 unspecified atom stereocenters. The molecule has 1 saturated carbocycles. The smallest absolute Gasteiger partial charge is 0.169 e. The minimum atomic E-state index is -0.0689. The zero-order valence-electron chi connectivity index (χ0n) is 12.5. The van der Waals surface area contributed by atoms with Crippen LogP contribution in [0.3, 0.4) is 0 Å². The van der Waals surface area contributed by atoms with E-state index >= 15 is 0 Å². The van der Waals surface area contributed by atoms with Crippen molar-refractivity contribution in [3.05, 3.63) is 35.4 Å². The second-order valence-electron chi connectivity index (χ2n) is 6.47. The molecule has 1 heteroatoms. The van der Waals surface area contributed by atoms with E-state index in [0.29, 0.717) is 11.7 Å². The van der Waals surface area contributed by atoms with Crippen molar-refractivity contribution < 1.29 is 4.79 Å². The van der Waals surface area contributed by atoms with E-state index in [0.717, 1.165) is 31.2 Å². The van der Waals surface area contributed by atoms with Crippen LogP contribution >= 0.6 is 0 Å². The Bertz CT molecular complexity index is 439. The molecule has 0 amide bonds. The lowest BCUT2D eigenvalue weighted by molar-refractivity contribution is 0.0760. The predicted octanol–water partition coefficient (Wildman–Crippen LogP) is 5.04. The lowest BCUT2D eigenvalue weighted by Gasteiger charge is -2.29. The highest BCUT2D eigenvalue weighted by molar-refractivity contribution is 6.00. The number of hydrogen-bond donors (Lipinski definition) is 0. The molecule has 104 valence electrons. The standard InChI is InChI=1S/C18H26O/c1-4-15-8-7-9-16(12-15)17(19)18(13-14(2)3)10-5-6-11-18/h7-9,12,14H,4-6,10-11,13H2,1-3H3. The zero-order valence-corrected chi connectivity index (χ0v) is 12.5. The first-order valence-electron chi connectivity index (χ1n) is 7.71. The maximum atomic E-state index is 13.0. The minimum Gasteiger partial charge on any atom is -0.294 e. The zero-order chi connectivity index (χ0) is 13.9. The van der Waals surface area contributed by atoms with E-state index in [4.69, 9.17) is 0 Å². The van der Waals surface area contributed by atoms with Crippen molar-refractivity contribution in [3.8, 4) is 0 Å². The third-order valence-corrected chi connectivity index (χ3v) is 4.44. The highest BCUT2D eigenvalue weighted by Crippen LogP contribution is 2.45. The van der Waals surface area contributed by atoms with Crippen LogP contribution in [0, 0.1) is 11.3 Å². The van der Waals surface area contributed by atoms with Crippen molar-refractivity contribution in [1.82, 2.24) is 0 Å². The molecule has 0 N–H and O–H groups in total. The fourth-order valence-electron chi connectivity index (χ4n) is 3.60. The number of Topliss-reactive ketones (excluding diaryl/α,β-unsaturated/α-hetero) is 1. The monoisotopic (exact) mass is 258 g/mol. The van der Waals surface area contributed by atoms with E-state index in [2.05, 4.69) is 32.9 Å². The van der Waals surface area contributed by atoms with Crippen LogP contribution in [0.25, 0.3) is 0 Å². The SMILES string of the molecule is CCc1cccc(C(=O)C2(CC(C)C)CCCC2)c1. The molecule has 0 heterocycles. The number of benzene rings is 1. The number of ketones is 1. The molecule has 1 nitrogen and oxygen atoms in total. The molecule has 0 aliphatic heterocycles. The van der Waals surface area contributed by atoms with Crippen LogP contribution in [0.4, 0.5) is 0 Å². The summed E-state index contributed by atoms with van der Waals surface area (Å²) in [4.78, 5) is 13.0. The lowest BCUT2D eigenvalue weighted by Crippen LogP contribution is -2.30. The van der Waals surface area contributed by atoms with Gasteiger partial charge in [-0.25, -0.2) is 0 Å². The summed E-state index contributed by atoms with van der Waals surface area (Å²) in [5.74, 6) is 0.991. The number of hydrogen-bond acceptors (Lipinski definition) is 1. The van der Waals surface area contributed by atoms with Crippen LogP contribution in [-0.2, 0) is 6.42 Å². The van der Waals surface area contributed by atoms with Gasteiger partial charge in [0.1, 0.15) is 0 Å². The molecule has 1 aliphatic carbocycles. The summed E-state index contributed by atoms with van der Waals surface area (Å²) in [6.07, 6.45) is 6.64. The van der Waals surface area contributed by atoms with E-state index in [1.165, 1.54) is 18.4 Å². The van der Waals surface area contributed by atoms with Gasteiger partial charge in [-0.15, -0.1) is 0 Å². The van der Waals surface area contributed by atoms with E-state index in [9.17, 15) is 4.79 Å². The Morgan fingerprint density at radius 1 is 1.26 bits per heavy atom. The molecule has 1 fully saturated rings. The van der Waals surface area contributed by atoms with Crippen LogP contribution in [0.15, 0.2) is 24.3 Å². The van der Waals surface area contributed by atoms with Crippen LogP contribution in [-0.4, -0.2) is 5.78 Å². The molecule has 0 saturated heterocycles. The molecule has 2 rings (SSSR count). The molecule has 19 heavy (non-hydrogen) atoms. The van der Waals surface area contributed by atoms with Gasteiger partial charge < -0.3 is 0 Å². The number of rotatable bonds is 5. The van der Waals surface area contributed by atoms with Gasteiger partial charge in [0.25, 0.3) is 0 Å². The molecular formula is C18H26O. The van der Waals surface area contributed by atoms with Crippen LogP contribution in [0.1, 0.15) is 68.8 Å². The second kappa shape index (κ2) is 5.90. The van der Waals surface area contributed by atoms with Gasteiger partial charge in [-0.2, -0.15) is 0 Å². The van der Waals surface area contributed by atoms with Crippen LogP contribution in [0.2, 0.25) is 0 Å². The Kier molecular flexibility index (Phi) is 4.44. The fraction of sp³-hybridized carbons (Fsp3) is 0.611. The molecule has 1 aromatic carbocycles. The van der Waals surface area contributed by atoms with E-state index in [1.807, 2.05) is 12.1 Å². The summed E-state index contributed by atoms with van der Waals surface area (Å²) in [6.45, 7) is 6.61. The lowest BCUT2D eigenvalue weighted by atomic mass is 9.73. The molecule has 0 aromatic heterocycles. The summed E-state index contributed by atoms with van der Waals surface area (Å²) in [5, 5.41) is 0. The molecule has 0 atom stereocenters.